The lowest BCUT2D eigenvalue weighted by Crippen LogP contribution is -2.03. The zero-order chi connectivity index (χ0) is 15.1. The van der Waals surface area contributed by atoms with Gasteiger partial charge in [0.15, 0.2) is 5.82 Å². The van der Waals surface area contributed by atoms with Gasteiger partial charge in [-0.05, 0) is 32.9 Å². The summed E-state index contributed by atoms with van der Waals surface area (Å²) in [5, 5.41) is 1.65. The van der Waals surface area contributed by atoms with E-state index in [2.05, 4.69) is 23.4 Å². The summed E-state index contributed by atoms with van der Waals surface area (Å²) in [4.78, 5) is 10.4. The molecule has 6 heteroatoms. The molecule has 0 bridgehead atoms. The molecule has 2 N–H and O–H groups in total. The number of halogens is 1. The maximum Gasteiger partial charge on any atom is 0.153 e. The minimum absolute atomic E-state index is 0.257. The van der Waals surface area contributed by atoms with E-state index in [0.717, 1.165) is 37.5 Å². The molecular formula is C15H17ClN4S. The van der Waals surface area contributed by atoms with Crippen LogP contribution in [0.4, 0.5) is 0 Å². The third kappa shape index (κ3) is 2.35. The lowest BCUT2D eigenvalue weighted by molar-refractivity contribution is 0.625. The molecule has 0 aliphatic carbocycles. The van der Waals surface area contributed by atoms with Crippen LogP contribution in [0.15, 0.2) is 18.2 Å². The van der Waals surface area contributed by atoms with Crippen LogP contribution in [-0.2, 0) is 6.54 Å². The second-order valence-corrected chi connectivity index (χ2v) is 6.72. The third-order valence-corrected chi connectivity index (χ3v) is 4.88. The highest BCUT2D eigenvalue weighted by molar-refractivity contribution is 7.15. The van der Waals surface area contributed by atoms with E-state index in [-0.39, 0.29) is 6.04 Å². The van der Waals surface area contributed by atoms with Crippen molar-refractivity contribution in [2.45, 2.75) is 33.4 Å². The summed E-state index contributed by atoms with van der Waals surface area (Å²) in [6.07, 6.45) is 0. The first-order valence-corrected chi connectivity index (χ1v) is 8.05. The molecule has 2 heterocycles. The van der Waals surface area contributed by atoms with Gasteiger partial charge in [-0.3, -0.25) is 0 Å². The van der Waals surface area contributed by atoms with E-state index in [9.17, 15) is 0 Å². The van der Waals surface area contributed by atoms with E-state index in [0.29, 0.717) is 6.54 Å². The molecule has 110 valence electrons. The van der Waals surface area contributed by atoms with Gasteiger partial charge in [0.1, 0.15) is 5.01 Å². The van der Waals surface area contributed by atoms with Crippen LogP contribution < -0.4 is 5.73 Å². The Morgan fingerprint density at radius 3 is 2.71 bits per heavy atom. The van der Waals surface area contributed by atoms with Crippen LogP contribution in [0.2, 0.25) is 5.02 Å². The number of hydrogen-bond acceptors (Lipinski definition) is 4. The van der Waals surface area contributed by atoms with Crippen molar-refractivity contribution in [2.24, 2.45) is 5.73 Å². The SMILES string of the molecule is Cc1nc(CN)sc1-c1nc2cccc(Cl)c2n1C(C)C. The molecule has 0 atom stereocenters. The number of rotatable bonds is 3. The quantitative estimate of drug-likeness (QED) is 0.788. The van der Waals surface area contributed by atoms with E-state index >= 15 is 0 Å². The zero-order valence-electron chi connectivity index (χ0n) is 12.2. The Labute approximate surface area is 132 Å². The normalized spacial score (nSPS) is 11.7. The standard InChI is InChI=1S/C15H17ClN4S/c1-8(2)20-13-10(16)5-4-6-11(13)19-15(20)14-9(3)18-12(7-17)21-14/h4-6,8H,7,17H2,1-3H3. The number of nitrogens with two attached hydrogens (primary N) is 1. The van der Waals surface area contributed by atoms with Crippen molar-refractivity contribution >= 4 is 34.0 Å². The first kappa shape index (κ1) is 14.5. The van der Waals surface area contributed by atoms with Gasteiger partial charge in [0.05, 0.1) is 26.6 Å². The molecule has 1 aromatic carbocycles. The lowest BCUT2D eigenvalue weighted by Gasteiger charge is -2.13. The topological polar surface area (TPSA) is 56.7 Å². The Morgan fingerprint density at radius 2 is 2.10 bits per heavy atom. The Kier molecular flexibility index (Phi) is 3.73. The minimum atomic E-state index is 0.257. The highest BCUT2D eigenvalue weighted by Crippen LogP contribution is 2.36. The van der Waals surface area contributed by atoms with Crippen molar-refractivity contribution in [3.05, 3.63) is 33.9 Å². The van der Waals surface area contributed by atoms with Crippen LogP contribution in [0.3, 0.4) is 0 Å². The van der Waals surface area contributed by atoms with E-state index in [1.807, 2.05) is 25.1 Å². The molecule has 0 radical (unpaired) electrons. The summed E-state index contributed by atoms with van der Waals surface area (Å²) < 4.78 is 2.18. The van der Waals surface area contributed by atoms with Crippen LogP contribution in [0.25, 0.3) is 21.7 Å². The van der Waals surface area contributed by atoms with Crippen molar-refractivity contribution in [1.29, 1.82) is 0 Å². The van der Waals surface area contributed by atoms with Gasteiger partial charge in [0, 0.05) is 12.6 Å². The summed E-state index contributed by atoms with van der Waals surface area (Å²) in [6.45, 7) is 6.72. The monoisotopic (exact) mass is 320 g/mol. The van der Waals surface area contributed by atoms with Crippen molar-refractivity contribution in [3.8, 4) is 10.7 Å². The summed E-state index contributed by atoms with van der Waals surface area (Å²) in [6, 6.07) is 6.08. The molecule has 0 saturated heterocycles. The fourth-order valence-electron chi connectivity index (χ4n) is 2.52. The summed E-state index contributed by atoms with van der Waals surface area (Å²) >= 11 is 7.99. The van der Waals surface area contributed by atoms with Gasteiger partial charge in [-0.15, -0.1) is 11.3 Å². The number of imidazole rings is 1. The molecule has 0 saturated carbocycles. The lowest BCUT2D eigenvalue weighted by atomic mass is 10.3. The van der Waals surface area contributed by atoms with E-state index in [1.165, 1.54) is 0 Å². The maximum atomic E-state index is 6.39. The van der Waals surface area contributed by atoms with Gasteiger partial charge >= 0.3 is 0 Å². The number of nitrogens with zero attached hydrogens (tertiary/aromatic N) is 3. The maximum absolute atomic E-state index is 6.39. The predicted molar refractivity (Wildman–Crippen MR) is 88.9 cm³/mol. The molecule has 0 aliphatic heterocycles. The number of para-hydroxylation sites is 1. The zero-order valence-corrected chi connectivity index (χ0v) is 13.8. The molecule has 0 fully saturated rings. The Balaban J connectivity index is 2.34. The number of fused-ring (bicyclic) bond motifs is 1. The minimum Gasteiger partial charge on any atom is -0.325 e. The Hall–Kier alpha value is -1.43. The smallest absolute Gasteiger partial charge is 0.153 e. The summed E-state index contributed by atoms with van der Waals surface area (Å²) in [5.41, 5.74) is 8.56. The molecule has 2 aromatic heterocycles. The first-order valence-electron chi connectivity index (χ1n) is 6.86. The summed E-state index contributed by atoms with van der Waals surface area (Å²) in [7, 11) is 0. The molecule has 4 nitrogen and oxygen atoms in total. The van der Waals surface area contributed by atoms with E-state index < -0.39 is 0 Å². The first-order chi connectivity index (χ1) is 10.0. The van der Waals surface area contributed by atoms with Gasteiger partial charge in [0.2, 0.25) is 0 Å². The highest BCUT2D eigenvalue weighted by atomic mass is 35.5. The highest BCUT2D eigenvalue weighted by Gasteiger charge is 2.20. The van der Waals surface area contributed by atoms with Crippen LogP contribution >= 0.6 is 22.9 Å². The fraction of sp³-hybridized carbons (Fsp3) is 0.333. The van der Waals surface area contributed by atoms with Crippen molar-refractivity contribution in [3.63, 3.8) is 0 Å². The molecule has 0 aliphatic rings. The largest absolute Gasteiger partial charge is 0.325 e. The number of thiazole rings is 1. The van der Waals surface area contributed by atoms with Crippen LogP contribution in [0.1, 0.15) is 30.6 Å². The number of aromatic nitrogens is 3. The van der Waals surface area contributed by atoms with Gasteiger partial charge in [0.25, 0.3) is 0 Å². The van der Waals surface area contributed by atoms with Crippen molar-refractivity contribution in [1.82, 2.24) is 14.5 Å². The molecule has 21 heavy (non-hydrogen) atoms. The second-order valence-electron chi connectivity index (χ2n) is 5.23. The number of aryl methyl sites for hydroxylation is 1. The predicted octanol–water partition coefficient (Wildman–Crippen LogP) is 4.16. The van der Waals surface area contributed by atoms with Crippen molar-refractivity contribution < 1.29 is 0 Å². The van der Waals surface area contributed by atoms with Crippen LogP contribution in [0, 0.1) is 6.92 Å². The van der Waals surface area contributed by atoms with Crippen LogP contribution in [-0.4, -0.2) is 14.5 Å². The number of hydrogen-bond donors (Lipinski definition) is 1. The average Bonchev–Trinajstić information content (AvgIpc) is 2.99. The summed E-state index contributed by atoms with van der Waals surface area (Å²) in [5.74, 6) is 0.919. The molecular weight excluding hydrogens is 304 g/mol. The Bertz CT molecular complexity index is 803. The van der Waals surface area contributed by atoms with Gasteiger partial charge in [-0.2, -0.15) is 0 Å². The van der Waals surface area contributed by atoms with Crippen molar-refractivity contribution in [2.75, 3.05) is 0 Å². The third-order valence-electron chi connectivity index (χ3n) is 3.40. The van der Waals surface area contributed by atoms with E-state index in [4.69, 9.17) is 22.3 Å². The van der Waals surface area contributed by atoms with Gasteiger partial charge in [-0.1, -0.05) is 17.7 Å². The van der Waals surface area contributed by atoms with E-state index in [1.54, 1.807) is 11.3 Å². The average molecular weight is 321 g/mol. The molecule has 3 aromatic rings. The fourth-order valence-corrected chi connectivity index (χ4v) is 3.71. The van der Waals surface area contributed by atoms with Gasteiger partial charge < -0.3 is 10.3 Å². The molecule has 0 spiro atoms. The Morgan fingerprint density at radius 1 is 1.33 bits per heavy atom. The molecule has 3 rings (SSSR count). The second kappa shape index (κ2) is 5.40. The number of benzene rings is 1. The molecule has 0 amide bonds. The van der Waals surface area contributed by atoms with Crippen LogP contribution in [0.5, 0.6) is 0 Å². The van der Waals surface area contributed by atoms with Gasteiger partial charge in [-0.25, -0.2) is 9.97 Å². The molecule has 0 unspecified atom stereocenters.